The first-order valence-corrected chi connectivity index (χ1v) is 7.18. The third-order valence-electron chi connectivity index (χ3n) is 3.70. The molecule has 0 aliphatic rings. The van der Waals surface area contributed by atoms with Crippen LogP contribution in [0.25, 0.3) is 0 Å². The molecule has 2 atom stereocenters. The third-order valence-corrected chi connectivity index (χ3v) is 3.70. The second-order valence-electron chi connectivity index (χ2n) is 5.00. The first-order chi connectivity index (χ1) is 9.63. The Morgan fingerprint density at radius 3 is 2.55 bits per heavy atom. The summed E-state index contributed by atoms with van der Waals surface area (Å²) in [4.78, 5) is 2.25. The largest absolute Gasteiger partial charge is 0.496 e. The van der Waals surface area contributed by atoms with Crippen LogP contribution in [0.15, 0.2) is 24.3 Å². The summed E-state index contributed by atoms with van der Waals surface area (Å²) in [6, 6.07) is 8.03. The van der Waals surface area contributed by atoms with Crippen LogP contribution >= 0.6 is 0 Å². The van der Waals surface area contributed by atoms with E-state index in [9.17, 15) is 5.11 Å². The molecule has 1 N–H and O–H groups in total. The minimum Gasteiger partial charge on any atom is -0.496 e. The van der Waals surface area contributed by atoms with Crippen molar-refractivity contribution in [1.82, 2.24) is 4.90 Å². The molecule has 4 heteroatoms. The van der Waals surface area contributed by atoms with Crippen molar-refractivity contribution in [2.24, 2.45) is 0 Å². The monoisotopic (exact) mass is 281 g/mol. The van der Waals surface area contributed by atoms with Gasteiger partial charge in [-0.05, 0) is 19.4 Å². The molecule has 0 spiro atoms. The molecule has 0 saturated carbocycles. The molecule has 114 valence electrons. The summed E-state index contributed by atoms with van der Waals surface area (Å²) in [5, 5.41) is 10.5. The number of ether oxygens (including phenoxy) is 2. The summed E-state index contributed by atoms with van der Waals surface area (Å²) in [5.74, 6) is 0.732. The van der Waals surface area contributed by atoms with Crippen LogP contribution in [0, 0.1) is 0 Å². The van der Waals surface area contributed by atoms with Crippen molar-refractivity contribution in [3.05, 3.63) is 29.8 Å². The molecular formula is C16H27NO3. The lowest BCUT2D eigenvalue weighted by atomic mass is 10.1. The van der Waals surface area contributed by atoms with E-state index in [2.05, 4.69) is 18.7 Å². The summed E-state index contributed by atoms with van der Waals surface area (Å²) >= 11 is 0. The topological polar surface area (TPSA) is 41.9 Å². The Morgan fingerprint density at radius 1 is 1.25 bits per heavy atom. The van der Waals surface area contributed by atoms with Crippen LogP contribution < -0.4 is 4.74 Å². The fourth-order valence-electron chi connectivity index (χ4n) is 2.22. The van der Waals surface area contributed by atoms with Gasteiger partial charge in [-0.15, -0.1) is 0 Å². The SMILES string of the molecule is CCC(C)N(CCOC)CC(O)c1ccccc1OC. The first-order valence-electron chi connectivity index (χ1n) is 7.18. The summed E-state index contributed by atoms with van der Waals surface area (Å²) in [6.07, 6.45) is 0.486. The molecular weight excluding hydrogens is 254 g/mol. The van der Waals surface area contributed by atoms with Gasteiger partial charge in [-0.25, -0.2) is 0 Å². The Kier molecular flexibility index (Phi) is 7.59. The highest BCUT2D eigenvalue weighted by Gasteiger charge is 2.19. The van der Waals surface area contributed by atoms with E-state index in [0.717, 1.165) is 24.3 Å². The van der Waals surface area contributed by atoms with Crippen molar-refractivity contribution in [3.63, 3.8) is 0 Å². The second kappa shape index (κ2) is 8.95. The number of aliphatic hydroxyl groups is 1. The second-order valence-corrected chi connectivity index (χ2v) is 5.00. The lowest BCUT2D eigenvalue weighted by molar-refractivity contribution is 0.0657. The number of rotatable bonds is 9. The normalized spacial score (nSPS) is 14.3. The van der Waals surface area contributed by atoms with E-state index in [1.807, 2.05) is 24.3 Å². The standard InChI is InChI=1S/C16H27NO3/c1-5-13(2)17(10-11-19-3)12-15(18)14-8-6-7-9-16(14)20-4/h6-9,13,15,18H,5,10-12H2,1-4H3. The van der Waals surface area contributed by atoms with Crippen molar-refractivity contribution in [3.8, 4) is 5.75 Å². The van der Waals surface area contributed by atoms with Gasteiger partial charge >= 0.3 is 0 Å². The highest BCUT2D eigenvalue weighted by atomic mass is 16.5. The predicted molar refractivity (Wildman–Crippen MR) is 81.2 cm³/mol. The Labute approximate surface area is 122 Å². The van der Waals surface area contributed by atoms with Crippen LogP contribution in [0.4, 0.5) is 0 Å². The zero-order valence-corrected chi connectivity index (χ0v) is 13.0. The molecule has 0 aromatic heterocycles. The van der Waals surface area contributed by atoms with Crippen LogP contribution in [0.1, 0.15) is 31.9 Å². The van der Waals surface area contributed by atoms with Crippen LogP contribution in [0.5, 0.6) is 5.75 Å². The first kappa shape index (κ1) is 17.0. The van der Waals surface area contributed by atoms with Gasteiger partial charge in [0, 0.05) is 31.8 Å². The van der Waals surface area contributed by atoms with Gasteiger partial charge in [0.25, 0.3) is 0 Å². The van der Waals surface area contributed by atoms with E-state index in [0.29, 0.717) is 19.2 Å². The Hall–Kier alpha value is -1.10. The highest BCUT2D eigenvalue weighted by Crippen LogP contribution is 2.25. The van der Waals surface area contributed by atoms with Crippen molar-refractivity contribution in [1.29, 1.82) is 0 Å². The van der Waals surface area contributed by atoms with Gasteiger partial charge in [0.1, 0.15) is 5.75 Å². The zero-order chi connectivity index (χ0) is 15.0. The molecule has 1 aromatic rings. The summed E-state index contributed by atoms with van der Waals surface area (Å²) < 4.78 is 10.5. The van der Waals surface area contributed by atoms with Crippen molar-refractivity contribution >= 4 is 0 Å². The van der Waals surface area contributed by atoms with E-state index in [1.165, 1.54) is 0 Å². The number of benzene rings is 1. The maximum Gasteiger partial charge on any atom is 0.124 e. The third kappa shape index (κ3) is 4.78. The van der Waals surface area contributed by atoms with Crippen LogP contribution in [-0.4, -0.2) is 50.0 Å². The zero-order valence-electron chi connectivity index (χ0n) is 13.0. The Morgan fingerprint density at radius 2 is 1.95 bits per heavy atom. The van der Waals surface area contributed by atoms with Crippen LogP contribution in [0.3, 0.4) is 0 Å². The van der Waals surface area contributed by atoms with E-state index in [1.54, 1.807) is 14.2 Å². The average molecular weight is 281 g/mol. The minimum absolute atomic E-state index is 0.412. The van der Waals surface area contributed by atoms with E-state index < -0.39 is 6.10 Å². The Bertz CT molecular complexity index is 384. The van der Waals surface area contributed by atoms with E-state index in [-0.39, 0.29) is 0 Å². The Balaban J connectivity index is 2.76. The van der Waals surface area contributed by atoms with Gasteiger partial charge in [0.2, 0.25) is 0 Å². The number of nitrogens with zero attached hydrogens (tertiary/aromatic N) is 1. The summed E-state index contributed by atoms with van der Waals surface area (Å²) in [7, 11) is 3.33. The maximum absolute atomic E-state index is 10.5. The van der Waals surface area contributed by atoms with Gasteiger partial charge in [-0.1, -0.05) is 25.1 Å². The number of methoxy groups -OCH3 is 2. The molecule has 1 aromatic carbocycles. The van der Waals surface area contributed by atoms with Crippen molar-refractivity contribution in [2.75, 3.05) is 33.9 Å². The summed E-state index contributed by atoms with van der Waals surface area (Å²) in [5.41, 5.74) is 0.834. The molecule has 0 radical (unpaired) electrons. The molecule has 2 unspecified atom stereocenters. The van der Waals surface area contributed by atoms with Gasteiger partial charge in [0.15, 0.2) is 0 Å². The quantitative estimate of drug-likeness (QED) is 0.755. The molecule has 0 aliphatic heterocycles. The lowest BCUT2D eigenvalue weighted by Crippen LogP contribution is -2.38. The van der Waals surface area contributed by atoms with Gasteiger partial charge < -0.3 is 14.6 Å². The molecule has 0 saturated heterocycles. The van der Waals surface area contributed by atoms with Crippen LogP contribution in [0.2, 0.25) is 0 Å². The molecule has 0 amide bonds. The summed E-state index contributed by atoms with van der Waals surface area (Å²) in [6.45, 7) is 6.39. The molecule has 0 fully saturated rings. The molecule has 0 bridgehead atoms. The van der Waals surface area contributed by atoms with Crippen molar-refractivity contribution in [2.45, 2.75) is 32.4 Å². The fourth-order valence-corrected chi connectivity index (χ4v) is 2.22. The highest BCUT2D eigenvalue weighted by molar-refractivity contribution is 5.35. The van der Waals surface area contributed by atoms with Gasteiger partial charge in [0.05, 0.1) is 19.8 Å². The lowest BCUT2D eigenvalue weighted by Gasteiger charge is -2.30. The van der Waals surface area contributed by atoms with E-state index >= 15 is 0 Å². The molecule has 4 nitrogen and oxygen atoms in total. The number of aliphatic hydroxyl groups excluding tert-OH is 1. The molecule has 20 heavy (non-hydrogen) atoms. The maximum atomic E-state index is 10.5. The molecule has 1 rings (SSSR count). The predicted octanol–water partition coefficient (Wildman–Crippen LogP) is 2.48. The smallest absolute Gasteiger partial charge is 0.124 e. The molecule has 0 heterocycles. The number of hydrogen-bond donors (Lipinski definition) is 1. The van der Waals surface area contributed by atoms with Gasteiger partial charge in [-0.3, -0.25) is 4.90 Å². The number of hydrogen-bond acceptors (Lipinski definition) is 4. The fraction of sp³-hybridized carbons (Fsp3) is 0.625. The minimum atomic E-state index is -0.558. The molecule has 0 aliphatic carbocycles. The van der Waals surface area contributed by atoms with Crippen molar-refractivity contribution < 1.29 is 14.6 Å². The van der Waals surface area contributed by atoms with E-state index in [4.69, 9.17) is 9.47 Å². The number of para-hydroxylation sites is 1. The van der Waals surface area contributed by atoms with Crippen LogP contribution in [-0.2, 0) is 4.74 Å². The van der Waals surface area contributed by atoms with Gasteiger partial charge in [-0.2, -0.15) is 0 Å². The average Bonchev–Trinajstić information content (AvgIpc) is 2.50.